The van der Waals surface area contributed by atoms with Crippen molar-refractivity contribution in [3.05, 3.63) is 0 Å². The van der Waals surface area contributed by atoms with E-state index in [1.807, 2.05) is 0 Å². The Hall–Kier alpha value is -0.0151. The molecule has 7 heavy (non-hydrogen) atoms. The van der Waals surface area contributed by atoms with E-state index in [0.29, 0.717) is 13.2 Å². The van der Waals surface area contributed by atoms with Gasteiger partial charge in [0.2, 0.25) is 0 Å². The summed E-state index contributed by atoms with van der Waals surface area (Å²) in [4.78, 5) is 0. The fourth-order valence-corrected chi connectivity index (χ4v) is 0.488. The van der Waals surface area contributed by atoms with E-state index in [9.17, 15) is 0 Å². The Morgan fingerprint density at radius 1 is 1.57 bits per heavy atom. The first-order valence-electron chi connectivity index (χ1n) is 3.84. The van der Waals surface area contributed by atoms with Crippen LogP contribution >= 0.6 is 0 Å². The maximum absolute atomic E-state index is 6.91. The van der Waals surface area contributed by atoms with Crippen LogP contribution in [0.3, 0.4) is 0 Å². The zero-order chi connectivity index (χ0) is 7.61. The van der Waals surface area contributed by atoms with Crippen molar-refractivity contribution in [1.29, 1.82) is 0 Å². The molecule has 1 heterocycles. The predicted octanol–water partition coefficient (Wildman–Crippen LogP) is 0.541. The third kappa shape index (κ3) is 1.49. The number of hydrogen-bond acceptors (Lipinski definition) is 2. The molecule has 1 rings (SSSR count). The molecule has 1 saturated heterocycles. The van der Waals surface area contributed by atoms with E-state index >= 15 is 0 Å². The van der Waals surface area contributed by atoms with Crippen LogP contribution in [0.15, 0.2) is 0 Å². The summed E-state index contributed by atoms with van der Waals surface area (Å²) in [5.41, 5.74) is 0. The van der Waals surface area contributed by atoms with Gasteiger partial charge in [-0.05, 0) is 13.2 Å². The minimum Gasteiger partial charge on any atom is -0.411 e. The van der Waals surface area contributed by atoms with Crippen LogP contribution in [0, 0.1) is 0 Å². The van der Waals surface area contributed by atoms with Crippen molar-refractivity contribution in [3.8, 4) is 0 Å². The Kier molecular flexibility index (Phi) is 0.836. The van der Waals surface area contributed by atoms with Crippen molar-refractivity contribution >= 4 is 7.12 Å². The fraction of sp³-hybridized carbons (Fsp3) is 1.00. The van der Waals surface area contributed by atoms with Crippen molar-refractivity contribution in [1.82, 2.24) is 0 Å². The molecular weight excluding hydrogens is 90.9 g/mol. The third-order valence-electron chi connectivity index (χ3n) is 0.827. The Bertz CT molecular complexity index is 110. The van der Waals surface area contributed by atoms with Gasteiger partial charge in [0.1, 0.15) is 0 Å². The van der Waals surface area contributed by atoms with Gasteiger partial charge in [-0.15, -0.1) is 0 Å². The van der Waals surface area contributed by atoms with Crippen LogP contribution in [-0.4, -0.2) is 20.3 Å². The van der Waals surface area contributed by atoms with Gasteiger partial charge in [-0.25, -0.2) is 0 Å². The van der Waals surface area contributed by atoms with E-state index in [1.54, 1.807) is 0 Å². The quantitative estimate of drug-likeness (QED) is 0.416. The van der Waals surface area contributed by atoms with Crippen molar-refractivity contribution in [2.75, 3.05) is 13.2 Å². The average molecular weight is 103 g/mol. The average Bonchev–Trinajstić information content (AvgIpc) is 1.88. The van der Waals surface area contributed by atoms with Crippen molar-refractivity contribution in [2.45, 2.75) is 13.2 Å². The standard InChI is InChI=1S/C4H9BO2/c1-5-6-3-2-4-7-5/h2-4H2,1H3/i1D3. The van der Waals surface area contributed by atoms with Crippen LogP contribution in [0.4, 0.5) is 0 Å². The SMILES string of the molecule is [2H]C([2H])([2H])B1OCCCO1. The highest BCUT2D eigenvalue weighted by molar-refractivity contribution is 6.42. The first-order valence-corrected chi connectivity index (χ1v) is 2.34. The topological polar surface area (TPSA) is 18.5 Å². The molecule has 0 aromatic rings. The van der Waals surface area contributed by atoms with E-state index in [2.05, 4.69) is 0 Å². The summed E-state index contributed by atoms with van der Waals surface area (Å²) < 4.78 is 30.4. The molecule has 40 valence electrons. The minimum absolute atomic E-state index is 0.489. The Labute approximate surface area is 48.2 Å². The summed E-state index contributed by atoms with van der Waals surface area (Å²) in [6.45, 7) is -1.15. The zero-order valence-electron chi connectivity index (χ0n) is 7.02. The van der Waals surface area contributed by atoms with E-state index < -0.39 is 13.9 Å². The van der Waals surface area contributed by atoms with Crippen molar-refractivity contribution < 1.29 is 13.4 Å². The van der Waals surface area contributed by atoms with Gasteiger partial charge < -0.3 is 9.31 Å². The first kappa shape index (κ1) is 2.51. The lowest BCUT2D eigenvalue weighted by molar-refractivity contribution is 0.138. The van der Waals surface area contributed by atoms with Crippen LogP contribution < -0.4 is 0 Å². The Balaban J connectivity index is 2.39. The Morgan fingerprint density at radius 2 is 2.29 bits per heavy atom. The monoisotopic (exact) mass is 103 g/mol. The van der Waals surface area contributed by atoms with E-state index in [-0.39, 0.29) is 0 Å². The first-order chi connectivity index (χ1) is 4.61. The molecule has 3 heteroatoms. The molecular formula is C4H9BO2. The lowest BCUT2D eigenvalue weighted by Crippen LogP contribution is -2.25. The van der Waals surface area contributed by atoms with Crippen LogP contribution in [0.2, 0.25) is 6.75 Å². The zero-order valence-corrected chi connectivity index (χ0v) is 4.02. The van der Waals surface area contributed by atoms with Gasteiger partial charge in [0.15, 0.2) is 0 Å². The molecule has 0 spiro atoms. The van der Waals surface area contributed by atoms with Crippen LogP contribution in [0.1, 0.15) is 10.5 Å². The van der Waals surface area contributed by atoms with Crippen molar-refractivity contribution in [2.24, 2.45) is 0 Å². The molecule has 1 aliphatic rings. The largest absolute Gasteiger partial charge is 0.453 e. The molecule has 0 radical (unpaired) electrons. The maximum atomic E-state index is 6.91. The second kappa shape index (κ2) is 2.33. The summed E-state index contributed by atoms with van der Waals surface area (Å²) in [6.07, 6.45) is 0.784. The van der Waals surface area contributed by atoms with Gasteiger partial charge in [0.05, 0.1) is 0 Å². The summed E-state index contributed by atoms with van der Waals surface area (Å²) in [7, 11) is -0.999. The maximum Gasteiger partial charge on any atom is 0.453 e. The minimum atomic E-state index is -2.12. The van der Waals surface area contributed by atoms with Gasteiger partial charge in [-0.2, -0.15) is 0 Å². The molecule has 0 aliphatic carbocycles. The molecule has 0 aromatic carbocycles. The van der Waals surface area contributed by atoms with E-state index in [1.165, 1.54) is 0 Å². The van der Waals surface area contributed by atoms with E-state index in [4.69, 9.17) is 13.4 Å². The number of rotatable bonds is 0. The predicted molar refractivity (Wildman–Crippen MR) is 28.1 cm³/mol. The molecule has 2 nitrogen and oxygen atoms in total. The van der Waals surface area contributed by atoms with E-state index in [0.717, 1.165) is 6.42 Å². The van der Waals surface area contributed by atoms with Crippen LogP contribution in [-0.2, 0) is 9.31 Å². The van der Waals surface area contributed by atoms with Crippen molar-refractivity contribution in [3.63, 3.8) is 0 Å². The molecule has 0 aromatic heterocycles. The lowest BCUT2D eigenvalue weighted by atomic mass is 9.94. The molecule has 0 saturated carbocycles. The van der Waals surface area contributed by atoms with Gasteiger partial charge in [0, 0.05) is 17.3 Å². The van der Waals surface area contributed by atoms with Gasteiger partial charge in [-0.1, -0.05) is 0 Å². The normalized spacial score (nSPS) is 30.9. The lowest BCUT2D eigenvalue weighted by Gasteiger charge is -2.15. The van der Waals surface area contributed by atoms with Gasteiger partial charge in [-0.3, -0.25) is 0 Å². The summed E-state index contributed by atoms with van der Waals surface area (Å²) in [5, 5.41) is 0. The highest BCUT2D eigenvalue weighted by Crippen LogP contribution is 1.98. The smallest absolute Gasteiger partial charge is 0.411 e. The van der Waals surface area contributed by atoms with Gasteiger partial charge >= 0.3 is 7.12 Å². The molecule has 1 fully saturated rings. The highest BCUT2D eigenvalue weighted by Gasteiger charge is 2.12. The van der Waals surface area contributed by atoms with Gasteiger partial charge in [0.25, 0.3) is 0 Å². The van der Waals surface area contributed by atoms with Crippen LogP contribution in [0.5, 0.6) is 0 Å². The molecule has 0 bridgehead atoms. The second-order valence-electron chi connectivity index (χ2n) is 1.43. The fourth-order valence-electron chi connectivity index (χ4n) is 0.488. The molecule has 0 atom stereocenters. The molecule has 1 aliphatic heterocycles. The third-order valence-corrected chi connectivity index (χ3v) is 0.827. The summed E-state index contributed by atoms with van der Waals surface area (Å²) in [5.74, 6) is 0. The molecule has 0 N–H and O–H groups in total. The summed E-state index contributed by atoms with van der Waals surface area (Å²) in [6, 6.07) is 0. The number of hydrogen-bond donors (Lipinski definition) is 0. The Morgan fingerprint density at radius 3 is 2.71 bits per heavy atom. The highest BCUT2D eigenvalue weighted by atomic mass is 16.6. The van der Waals surface area contributed by atoms with Crippen LogP contribution in [0.25, 0.3) is 0 Å². The molecule has 0 amide bonds. The summed E-state index contributed by atoms with van der Waals surface area (Å²) >= 11 is 0. The molecule has 0 unspecified atom stereocenters. The second-order valence-corrected chi connectivity index (χ2v) is 1.43.